The predicted octanol–water partition coefficient (Wildman–Crippen LogP) is 7.41. The van der Waals surface area contributed by atoms with Crippen LogP contribution in [-0.2, 0) is 0 Å². The molecule has 0 saturated heterocycles. The first-order valence-electron chi connectivity index (χ1n) is 18.1. The summed E-state index contributed by atoms with van der Waals surface area (Å²) < 4.78 is 7.68. The summed E-state index contributed by atoms with van der Waals surface area (Å²) in [5.74, 6) is -3.48. The number of aromatic hydroxyl groups is 6. The van der Waals surface area contributed by atoms with E-state index in [1.807, 2.05) is 78.9 Å². The van der Waals surface area contributed by atoms with Crippen molar-refractivity contribution >= 4 is 86.7 Å². The lowest BCUT2D eigenvalue weighted by atomic mass is 9.78. The van der Waals surface area contributed by atoms with Gasteiger partial charge < -0.3 is 39.5 Å². The molecule has 58 heavy (non-hydrogen) atoms. The monoisotopic (exact) mass is 754 g/mol. The predicted molar refractivity (Wildman–Crippen MR) is 224 cm³/mol. The van der Waals surface area contributed by atoms with Crippen molar-refractivity contribution in [3.63, 3.8) is 0 Å². The summed E-state index contributed by atoms with van der Waals surface area (Å²) in [7, 11) is 14.2. The van der Waals surface area contributed by atoms with Crippen molar-refractivity contribution in [1.82, 2.24) is 19.4 Å². The third-order valence-electron chi connectivity index (χ3n) is 10.9. The SMILES string of the molecule is [B]c1c(-c2cccc(-c3nc(-c4ccccc4)nc(-c4ccccc4)n3)c2)c(O)c(O)c2c1c1c([B])c3c4ccccc4oc3c3c4c(O)c(O)c(O)c(O)c4n2c13. The van der Waals surface area contributed by atoms with Gasteiger partial charge in [0.2, 0.25) is 11.5 Å². The standard InChI is InChI=1S/C45H24B2N4O7/c46-31-25(21-14-9-15-22(18-21)45-49-43(19-10-3-1-4-11-19)48-44(50-45)20-12-5-2-6-13-20)36(52)38(54)34-28(31)27-32(47)26-23-16-7-8-17-24(23)58-42(26)30-29-35(51(34)33(27)30)39(55)41(57)40(56)37(29)53/h1-18,52-57H. The van der Waals surface area contributed by atoms with Crippen molar-refractivity contribution in [3.05, 3.63) is 109 Å². The van der Waals surface area contributed by atoms with Gasteiger partial charge >= 0.3 is 0 Å². The first-order valence-corrected chi connectivity index (χ1v) is 18.1. The third-order valence-corrected chi connectivity index (χ3v) is 10.9. The summed E-state index contributed by atoms with van der Waals surface area (Å²) in [6.45, 7) is 0. The first-order chi connectivity index (χ1) is 28.1. The molecule has 0 spiro atoms. The molecule has 4 heterocycles. The number of para-hydroxylation sites is 1. The van der Waals surface area contributed by atoms with Gasteiger partial charge in [0, 0.05) is 43.8 Å². The van der Waals surface area contributed by atoms with Crippen LogP contribution in [0.2, 0.25) is 0 Å². The molecule has 0 fully saturated rings. The number of phenolic OH excluding ortho intramolecular Hbond substituents is 6. The number of rotatable bonds is 4. The van der Waals surface area contributed by atoms with Gasteiger partial charge in [0.05, 0.1) is 21.8 Å². The third kappa shape index (κ3) is 4.32. The van der Waals surface area contributed by atoms with E-state index in [2.05, 4.69) is 0 Å². The Morgan fingerprint density at radius 3 is 1.62 bits per heavy atom. The summed E-state index contributed by atoms with van der Waals surface area (Å²) in [6.07, 6.45) is 0. The summed E-state index contributed by atoms with van der Waals surface area (Å²) in [5.41, 5.74) is 3.49. The molecule has 0 saturated carbocycles. The molecular weight excluding hydrogens is 730 g/mol. The molecule has 0 atom stereocenters. The number of phenols is 6. The molecule has 0 amide bonds. The van der Waals surface area contributed by atoms with E-state index < -0.39 is 34.5 Å². The van der Waals surface area contributed by atoms with Crippen molar-refractivity contribution in [1.29, 1.82) is 0 Å². The molecule has 13 heteroatoms. The highest BCUT2D eigenvalue weighted by molar-refractivity contribution is 6.57. The van der Waals surface area contributed by atoms with Gasteiger partial charge in [0.15, 0.2) is 40.5 Å². The van der Waals surface area contributed by atoms with E-state index >= 15 is 0 Å². The molecule has 4 radical (unpaired) electrons. The van der Waals surface area contributed by atoms with E-state index in [4.69, 9.17) is 35.1 Å². The number of fused-ring (bicyclic) bond motifs is 10. The Morgan fingerprint density at radius 2 is 0.948 bits per heavy atom. The zero-order chi connectivity index (χ0) is 39.7. The van der Waals surface area contributed by atoms with Crippen LogP contribution in [0.3, 0.4) is 0 Å². The highest BCUT2D eigenvalue weighted by Crippen LogP contribution is 2.56. The molecule has 0 bridgehead atoms. The molecule has 272 valence electrons. The summed E-state index contributed by atoms with van der Waals surface area (Å²) in [5, 5.41) is 69.9. The summed E-state index contributed by atoms with van der Waals surface area (Å²) in [6, 6.07) is 33.3. The molecule has 0 aliphatic carbocycles. The maximum Gasteiger partial charge on any atom is 0.206 e. The maximum atomic E-state index is 12.1. The largest absolute Gasteiger partial charge is 0.504 e. The number of aromatic nitrogens is 4. The minimum Gasteiger partial charge on any atom is -0.504 e. The van der Waals surface area contributed by atoms with Crippen molar-refractivity contribution in [2.75, 3.05) is 0 Å². The number of hydrogen-bond donors (Lipinski definition) is 6. The Kier molecular flexibility index (Phi) is 6.80. The van der Waals surface area contributed by atoms with E-state index in [0.717, 1.165) is 11.1 Å². The fraction of sp³-hybridized carbons (Fsp3) is 0. The molecule has 0 aliphatic heterocycles. The Balaban J connectivity index is 1.23. The normalized spacial score (nSPS) is 12.0. The van der Waals surface area contributed by atoms with Crippen molar-refractivity contribution in [2.24, 2.45) is 0 Å². The van der Waals surface area contributed by atoms with Gasteiger partial charge in [-0.1, -0.05) is 108 Å². The zero-order valence-electron chi connectivity index (χ0n) is 29.9. The second kappa shape index (κ2) is 11.8. The highest BCUT2D eigenvalue weighted by atomic mass is 16.3. The smallest absolute Gasteiger partial charge is 0.206 e. The van der Waals surface area contributed by atoms with E-state index in [-0.39, 0.29) is 54.8 Å². The van der Waals surface area contributed by atoms with Crippen LogP contribution in [0.5, 0.6) is 34.5 Å². The number of benzene rings is 7. The van der Waals surface area contributed by atoms with Crippen LogP contribution in [-0.4, -0.2) is 65.7 Å². The van der Waals surface area contributed by atoms with Crippen LogP contribution in [0.4, 0.5) is 0 Å². The molecule has 7 aromatic carbocycles. The second-order valence-corrected chi connectivity index (χ2v) is 14.1. The number of furan rings is 1. The molecule has 4 aromatic heterocycles. The lowest BCUT2D eigenvalue weighted by molar-refractivity contribution is 0.350. The van der Waals surface area contributed by atoms with Crippen LogP contribution in [0.25, 0.3) is 105 Å². The lowest BCUT2D eigenvalue weighted by Gasteiger charge is -2.16. The van der Waals surface area contributed by atoms with Crippen LogP contribution in [0.15, 0.2) is 114 Å². The van der Waals surface area contributed by atoms with Gasteiger partial charge in [-0.3, -0.25) is 0 Å². The van der Waals surface area contributed by atoms with Gasteiger partial charge in [-0.05, 0) is 17.7 Å². The topological polar surface area (TPSA) is 178 Å². The summed E-state index contributed by atoms with van der Waals surface area (Å²) >= 11 is 0. The van der Waals surface area contributed by atoms with Gasteiger partial charge in [0.1, 0.15) is 32.4 Å². The molecule has 0 unspecified atom stereocenters. The quantitative estimate of drug-likeness (QED) is 0.0603. The van der Waals surface area contributed by atoms with Crippen LogP contribution < -0.4 is 10.9 Å². The number of nitrogens with zero attached hydrogens (tertiary/aromatic N) is 4. The molecule has 11 nitrogen and oxygen atoms in total. The van der Waals surface area contributed by atoms with Crippen molar-refractivity contribution in [2.45, 2.75) is 0 Å². The fourth-order valence-electron chi connectivity index (χ4n) is 8.40. The van der Waals surface area contributed by atoms with Crippen LogP contribution in [0.1, 0.15) is 0 Å². The average Bonchev–Trinajstić information content (AvgIpc) is 3.93. The van der Waals surface area contributed by atoms with Gasteiger partial charge in [0.25, 0.3) is 0 Å². The molecule has 11 aromatic rings. The summed E-state index contributed by atoms with van der Waals surface area (Å²) in [4.78, 5) is 14.5. The average molecular weight is 754 g/mol. The van der Waals surface area contributed by atoms with Gasteiger partial charge in [-0.25, -0.2) is 15.0 Å². The molecule has 0 aliphatic rings. The maximum absolute atomic E-state index is 12.1. The van der Waals surface area contributed by atoms with E-state index in [0.29, 0.717) is 50.3 Å². The Hall–Kier alpha value is -7.92. The molecular formula is C45H24B2N4O7. The van der Waals surface area contributed by atoms with E-state index in [1.54, 1.807) is 30.3 Å². The van der Waals surface area contributed by atoms with Crippen molar-refractivity contribution in [3.8, 4) is 79.8 Å². The van der Waals surface area contributed by atoms with Gasteiger partial charge in [-0.15, -0.1) is 0 Å². The zero-order valence-corrected chi connectivity index (χ0v) is 29.9. The Bertz CT molecular complexity index is 3490. The minimum absolute atomic E-state index is 0.0248. The van der Waals surface area contributed by atoms with Gasteiger partial charge in [-0.2, -0.15) is 0 Å². The van der Waals surface area contributed by atoms with Crippen LogP contribution in [0, 0.1) is 0 Å². The minimum atomic E-state index is -0.998. The molecule has 6 N–H and O–H groups in total. The fourth-order valence-corrected chi connectivity index (χ4v) is 8.40. The number of hydrogen-bond acceptors (Lipinski definition) is 10. The van der Waals surface area contributed by atoms with E-state index in [1.165, 1.54) is 4.40 Å². The Labute approximate surface area is 329 Å². The molecule has 11 rings (SSSR count). The van der Waals surface area contributed by atoms with Crippen molar-refractivity contribution < 1.29 is 35.1 Å². The first kappa shape index (κ1) is 33.4. The Morgan fingerprint density at radius 1 is 0.431 bits per heavy atom. The second-order valence-electron chi connectivity index (χ2n) is 14.1. The lowest BCUT2D eigenvalue weighted by Crippen LogP contribution is -2.12. The van der Waals surface area contributed by atoms with Crippen LogP contribution >= 0.6 is 0 Å². The van der Waals surface area contributed by atoms with E-state index in [9.17, 15) is 30.6 Å². The highest BCUT2D eigenvalue weighted by Gasteiger charge is 2.34.